The van der Waals surface area contributed by atoms with Gasteiger partial charge in [-0.15, -0.1) is 0 Å². The number of hydrogen-bond acceptors (Lipinski definition) is 5. The molecule has 0 saturated heterocycles. The smallest absolute Gasteiger partial charge is 0.231 e. The zero-order valence-corrected chi connectivity index (χ0v) is 16.8. The van der Waals surface area contributed by atoms with Crippen molar-refractivity contribution in [1.82, 2.24) is 4.98 Å². The number of hydrogen-bond donors (Lipinski definition) is 1. The van der Waals surface area contributed by atoms with E-state index in [1.807, 2.05) is 22.6 Å². The maximum Gasteiger partial charge on any atom is 0.231 e. The molecular formula is C17H14FIN2O4S. The zero-order chi connectivity index (χ0) is 19.1. The Bertz CT molecular complexity index is 1110. The molecule has 3 aromatic rings. The van der Waals surface area contributed by atoms with E-state index in [1.54, 1.807) is 13.0 Å². The molecule has 0 aliphatic carbocycles. The molecule has 0 amide bonds. The summed E-state index contributed by atoms with van der Waals surface area (Å²) in [5.41, 5.74) is 1.02. The van der Waals surface area contributed by atoms with Gasteiger partial charge in [0.05, 0.1) is 20.8 Å². The third kappa shape index (κ3) is 3.73. The monoisotopic (exact) mass is 488 g/mol. The van der Waals surface area contributed by atoms with Crippen LogP contribution < -0.4 is 4.72 Å². The number of rotatable bonds is 5. The molecule has 0 atom stereocenters. The molecule has 0 radical (unpaired) electrons. The molecule has 0 aliphatic heterocycles. The van der Waals surface area contributed by atoms with Crippen LogP contribution in [0.3, 0.4) is 0 Å². The Morgan fingerprint density at radius 1 is 1.31 bits per heavy atom. The first-order valence-corrected chi connectivity index (χ1v) is 10.6. The molecule has 26 heavy (non-hydrogen) atoms. The molecule has 1 N–H and O–H groups in total. The number of ketones is 1. The number of halogens is 2. The highest BCUT2D eigenvalue weighted by molar-refractivity contribution is 14.1. The average Bonchev–Trinajstić information content (AvgIpc) is 2.92. The lowest BCUT2D eigenvalue weighted by Crippen LogP contribution is -2.12. The topological polar surface area (TPSA) is 89.3 Å². The maximum absolute atomic E-state index is 13.2. The summed E-state index contributed by atoms with van der Waals surface area (Å²) in [6.07, 6.45) is 1.27. The van der Waals surface area contributed by atoms with Crippen LogP contribution in [0.4, 0.5) is 10.2 Å². The number of carbonyl (C=O) groups is 1. The summed E-state index contributed by atoms with van der Waals surface area (Å²) in [4.78, 5) is 16.7. The minimum Gasteiger partial charge on any atom is -0.437 e. The number of nitrogens with zero attached hydrogens (tertiary/aromatic N) is 1. The van der Waals surface area contributed by atoms with E-state index in [0.29, 0.717) is 20.1 Å². The molecule has 0 aliphatic rings. The van der Waals surface area contributed by atoms with Crippen LogP contribution in [0.1, 0.15) is 23.7 Å². The Labute approximate surface area is 163 Å². The van der Waals surface area contributed by atoms with Gasteiger partial charge >= 0.3 is 0 Å². The number of sulfonamides is 1. The van der Waals surface area contributed by atoms with E-state index < -0.39 is 15.8 Å². The minimum absolute atomic E-state index is 0.121. The van der Waals surface area contributed by atoms with Crippen LogP contribution in [0.5, 0.6) is 0 Å². The van der Waals surface area contributed by atoms with E-state index in [-0.39, 0.29) is 29.5 Å². The second kappa shape index (κ2) is 6.95. The molecule has 0 spiro atoms. The predicted octanol–water partition coefficient (Wildman–Crippen LogP) is 4.20. The number of anilines is 1. The summed E-state index contributed by atoms with van der Waals surface area (Å²) in [7, 11) is -3.52. The molecule has 0 fully saturated rings. The third-order valence-electron chi connectivity index (χ3n) is 3.62. The van der Waals surface area contributed by atoms with E-state index in [2.05, 4.69) is 9.71 Å². The van der Waals surface area contributed by atoms with Crippen molar-refractivity contribution in [2.24, 2.45) is 0 Å². The summed E-state index contributed by atoms with van der Waals surface area (Å²) in [5, 5.41) is 0.486. The van der Waals surface area contributed by atoms with Gasteiger partial charge in [-0.05, 0) is 52.9 Å². The fourth-order valence-electron chi connectivity index (χ4n) is 2.50. The van der Waals surface area contributed by atoms with Crippen molar-refractivity contribution in [3.05, 3.63) is 45.3 Å². The van der Waals surface area contributed by atoms with Crippen LogP contribution in [-0.2, 0) is 10.0 Å². The molecule has 0 bridgehead atoms. The maximum atomic E-state index is 13.2. The molecular weight excluding hydrogens is 474 g/mol. The van der Waals surface area contributed by atoms with E-state index in [1.165, 1.54) is 24.3 Å². The van der Waals surface area contributed by atoms with Gasteiger partial charge in [-0.2, -0.15) is 4.98 Å². The lowest BCUT2D eigenvalue weighted by Gasteiger charge is -2.05. The Balaban J connectivity index is 2.27. The van der Waals surface area contributed by atoms with Gasteiger partial charge in [0, 0.05) is 12.0 Å². The lowest BCUT2D eigenvalue weighted by atomic mass is 10.0. The van der Waals surface area contributed by atoms with Gasteiger partial charge < -0.3 is 4.42 Å². The van der Waals surface area contributed by atoms with Crippen molar-refractivity contribution in [2.75, 3.05) is 11.0 Å². The number of aromatic nitrogens is 1. The molecule has 1 aromatic carbocycles. The number of furan rings is 1. The van der Waals surface area contributed by atoms with Gasteiger partial charge in [-0.3, -0.25) is 9.52 Å². The number of benzene rings is 1. The number of pyridine rings is 1. The first-order valence-electron chi connectivity index (χ1n) is 7.59. The van der Waals surface area contributed by atoms with Gasteiger partial charge in [-0.1, -0.05) is 6.92 Å². The van der Waals surface area contributed by atoms with Crippen molar-refractivity contribution in [1.29, 1.82) is 0 Å². The van der Waals surface area contributed by atoms with Crippen LogP contribution in [0.2, 0.25) is 0 Å². The Morgan fingerprint density at radius 3 is 2.54 bits per heavy atom. The van der Waals surface area contributed by atoms with Crippen LogP contribution in [0.25, 0.3) is 22.4 Å². The second-order valence-electron chi connectivity index (χ2n) is 5.64. The van der Waals surface area contributed by atoms with E-state index in [9.17, 15) is 17.6 Å². The number of nitrogens with one attached hydrogen (secondary N) is 1. The fourth-order valence-corrected chi connectivity index (χ4v) is 3.76. The van der Waals surface area contributed by atoms with Crippen molar-refractivity contribution in [2.45, 2.75) is 13.3 Å². The Kier molecular flexibility index (Phi) is 5.02. The molecule has 0 unspecified atom stereocenters. The van der Waals surface area contributed by atoms with E-state index >= 15 is 0 Å². The van der Waals surface area contributed by atoms with Gasteiger partial charge in [0.25, 0.3) is 0 Å². The van der Waals surface area contributed by atoms with Gasteiger partial charge in [-0.25, -0.2) is 12.8 Å². The quantitative estimate of drug-likeness (QED) is 0.430. The van der Waals surface area contributed by atoms with Crippen molar-refractivity contribution >= 4 is 55.3 Å². The highest BCUT2D eigenvalue weighted by Crippen LogP contribution is 2.36. The summed E-state index contributed by atoms with van der Waals surface area (Å²) >= 11 is 1.94. The summed E-state index contributed by atoms with van der Waals surface area (Å²) in [6, 6.07) is 7.23. The second-order valence-corrected chi connectivity index (χ2v) is 8.55. The van der Waals surface area contributed by atoms with Crippen molar-refractivity contribution < 1.29 is 22.0 Å². The molecule has 2 heterocycles. The first kappa shape index (κ1) is 18.8. The lowest BCUT2D eigenvalue weighted by molar-refractivity contribution is 0.0989. The first-order chi connectivity index (χ1) is 12.2. The van der Waals surface area contributed by atoms with Crippen LogP contribution in [0.15, 0.2) is 34.7 Å². The molecule has 2 aromatic heterocycles. The van der Waals surface area contributed by atoms with Crippen LogP contribution in [0, 0.1) is 9.39 Å². The molecule has 3 rings (SSSR count). The summed E-state index contributed by atoms with van der Waals surface area (Å²) in [5.74, 6) is -0.146. The van der Waals surface area contributed by atoms with Crippen LogP contribution >= 0.6 is 22.6 Å². The van der Waals surface area contributed by atoms with E-state index in [4.69, 9.17) is 4.42 Å². The Morgan fingerprint density at radius 2 is 1.96 bits per heavy atom. The SMILES string of the molecule is CCC(=O)c1c(-c2ccc(F)cc2)oc2nc(NS(C)(=O)=O)c(I)cc12. The Hall–Kier alpha value is -2.01. The predicted molar refractivity (Wildman–Crippen MR) is 105 cm³/mol. The van der Waals surface area contributed by atoms with Gasteiger partial charge in [0.15, 0.2) is 11.6 Å². The molecule has 6 nitrogen and oxygen atoms in total. The van der Waals surface area contributed by atoms with Gasteiger partial charge in [0.1, 0.15) is 11.6 Å². The highest BCUT2D eigenvalue weighted by Gasteiger charge is 2.23. The van der Waals surface area contributed by atoms with Crippen LogP contribution in [-0.4, -0.2) is 25.4 Å². The number of fused-ring (bicyclic) bond motifs is 1. The summed E-state index contributed by atoms with van der Waals surface area (Å²) < 4.78 is 44.8. The number of carbonyl (C=O) groups excluding carboxylic acids is 1. The standard InChI is InChI=1S/C17H14FIN2O4S/c1-3-13(22)14-11-8-12(19)16(21-26(2,23)24)20-17(11)25-15(14)9-4-6-10(18)7-5-9/h4-8H,3H2,1-2H3,(H,20,21). The number of Topliss-reactive ketones (excluding diaryl/α,β-unsaturated/α-hetero) is 1. The van der Waals surface area contributed by atoms with E-state index in [0.717, 1.165) is 6.26 Å². The molecule has 0 saturated carbocycles. The normalized spacial score (nSPS) is 11.7. The largest absolute Gasteiger partial charge is 0.437 e. The zero-order valence-electron chi connectivity index (χ0n) is 13.8. The molecule has 9 heteroatoms. The summed E-state index contributed by atoms with van der Waals surface area (Å²) in [6.45, 7) is 1.73. The third-order valence-corrected chi connectivity index (χ3v) is 5.01. The molecule has 136 valence electrons. The van der Waals surface area contributed by atoms with Crippen molar-refractivity contribution in [3.63, 3.8) is 0 Å². The highest BCUT2D eigenvalue weighted by atomic mass is 127. The minimum atomic E-state index is -3.52. The van der Waals surface area contributed by atoms with Crippen molar-refractivity contribution in [3.8, 4) is 11.3 Å². The average molecular weight is 488 g/mol. The van der Waals surface area contributed by atoms with Gasteiger partial charge in [0.2, 0.25) is 15.7 Å². The fraction of sp³-hybridized carbons (Fsp3) is 0.176.